The van der Waals surface area contributed by atoms with Crippen molar-refractivity contribution < 1.29 is 22.8 Å². The molecule has 3 amide bonds. The second-order valence-electron chi connectivity index (χ2n) is 8.27. The maximum atomic E-state index is 13.1. The van der Waals surface area contributed by atoms with Crippen LogP contribution in [0.3, 0.4) is 0 Å². The highest BCUT2D eigenvalue weighted by molar-refractivity contribution is 7.90. The molecule has 0 aromatic heterocycles. The molecule has 8 nitrogen and oxygen atoms in total. The maximum Gasteiger partial charge on any atom is 0.269 e. The summed E-state index contributed by atoms with van der Waals surface area (Å²) < 4.78 is 26.3. The van der Waals surface area contributed by atoms with E-state index in [1.807, 2.05) is 37.3 Å². The van der Waals surface area contributed by atoms with Crippen LogP contribution in [0.4, 0.5) is 0 Å². The lowest BCUT2D eigenvalue weighted by Crippen LogP contribution is -2.49. The molecule has 1 N–H and O–H groups in total. The molecule has 2 aromatic carbocycles. The maximum absolute atomic E-state index is 13.1. The van der Waals surface area contributed by atoms with Gasteiger partial charge in [-0.25, -0.2) is 12.7 Å². The van der Waals surface area contributed by atoms with E-state index in [-0.39, 0.29) is 41.7 Å². The van der Waals surface area contributed by atoms with Gasteiger partial charge in [0.2, 0.25) is 11.8 Å². The van der Waals surface area contributed by atoms with Crippen molar-refractivity contribution in [3.8, 4) is 0 Å². The van der Waals surface area contributed by atoms with Crippen LogP contribution in [0.15, 0.2) is 59.5 Å². The van der Waals surface area contributed by atoms with E-state index in [4.69, 9.17) is 0 Å². The molecule has 182 valence electrons. The molecule has 0 bridgehead atoms. The summed E-state index contributed by atoms with van der Waals surface area (Å²) in [5, 5.41) is 2.83. The van der Waals surface area contributed by atoms with Crippen molar-refractivity contribution in [2.45, 2.75) is 50.5 Å². The van der Waals surface area contributed by atoms with Crippen LogP contribution < -0.4 is 5.32 Å². The third kappa shape index (κ3) is 5.64. The van der Waals surface area contributed by atoms with E-state index in [0.717, 1.165) is 16.3 Å². The Balaban J connectivity index is 1.65. The first-order chi connectivity index (χ1) is 16.3. The number of benzene rings is 2. The fourth-order valence-corrected chi connectivity index (χ4v) is 5.54. The van der Waals surface area contributed by atoms with E-state index >= 15 is 0 Å². The molecule has 1 unspecified atom stereocenters. The summed E-state index contributed by atoms with van der Waals surface area (Å²) in [5.41, 5.74) is 1.20. The number of hydrogen-bond donors (Lipinski definition) is 1. The first kappa shape index (κ1) is 25.4. The summed E-state index contributed by atoms with van der Waals surface area (Å²) in [5.74, 6) is -1.05. The van der Waals surface area contributed by atoms with E-state index in [1.165, 1.54) is 17.0 Å². The van der Waals surface area contributed by atoms with Crippen LogP contribution in [0.1, 0.15) is 49.0 Å². The second-order valence-corrected chi connectivity index (χ2v) is 10.1. The number of amides is 3. The van der Waals surface area contributed by atoms with Crippen molar-refractivity contribution >= 4 is 27.7 Å². The Morgan fingerprint density at radius 2 is 1.74 bits per heavy atom. The molecule has 0 fully saturated rings. The van der Waals surface area contributed by atoms with Crippen LogP contribution in [0.5, 0.6) is 0 Å². The summed E-state index contributed by atoms with van der Waals surface area (Å²) >= 11 is 0. The fraction of sp³-hybridized carbons (Fsp3) is 0.400. The van der Waals surface area contributed by atoms with Gasteiger partial charge in [-0.1, -0.05) is 49.4 Å². The fourth-order valence-electron chi connectivity index (χ4n) is 3.94. The monoisotopic (exact) mass is 485 g/mol. The molecule has 1 atom stereocenters. The Labute approximate surface area is 201 Å². The Bertz CT molecular complexity index is 1130. The van der Waals surface area contributed by atoms with Crippen molar-refractivity contribution in [1.29, 1.82) is 0 Å². The number of nitrogens with one attached hydrogen (secondary N) is 1. The average Bonchev–Trinajstić information content (AvgIpc) is 3.03. The predicted octanol–water partition coefficient (Wildman–Crippen LogP) is 2.60. The molecule has 9 heteroatoms. The zero-order valence-corrected chi connectivity index (χ0v) is 20.4. The number of hydrogen-bond acceptors (Lipinski definition) is 5. The quantitative estimate of drug-likeness (QED) is 0.527. The highest BCUT2D eigenvalue weighted by atomic mass is 32.2. The Kier molecular flexibility index (Phi) is 8.44. The van der Waals surface area contributed by atoms with Gasteiger partial charge in [-0.2, -0.15) is 0 Å². The van der Waals surface area contributed by atoms with Crippen LogP contribution in [0, 0.1) is 0 Å². The number of sulfonamides is 1. The van der Waals surface area contributed by atoms with Gasteiger partial charge in [0.15, 0.2) is 0 Å². The van der Waals surface area contributed by atoms with Crippen molar-refractivity contribution in [1.82, 2.24) is 14.5 Å². The van der Waals surface area contributed by atoms with E-state index in [1.54, 1.807) is 19.1 Å². The summed E-state index contributed by atoms with van der Waals surface area (Å²) in [6.07, 6.45) is 1.57. The summed E-state index contributed by atoms with van der Waals surface area (Å²) in [7, 11) is -3.91. The molecule has 3 rings (SSSR count). The smallest absolute Gasteiger partial charge is 0.269 e. The van der Waals surface area contributed by atoms with Crippen LogP contribution in [0.2, 0.25) is 0 Å². The number of rotatable bonds is 11. The second kappa shape index (κ2) is 11.3. The molecule has 1 aliphatic rings. The van der Waals surface area contributed by atoms with Gasteiger partial charge in [0.25, 0.3) is 15.9 Å². The largest absolute Gasteiger partial charge is 0.354 e. The molecule has 0 spiro atoms. The van der Waals surface area contributed by atoms with E-state index in [2.05, 4.69) is 5.32 Å². The number of carbonyl (C=O) groups excluding carboxylic acids is 3. The van der Waals surface area contributed by atoms with Gasteiger partial charge in [-0.15, -0.1) is 0 Å². The zero-order chi connectivity index (χ0) is 24.7. The molecule has 0 aliphatic carbocycles. The normalized spacial score (nSPS) is 15.0. The highest BCUT2D eigenvalue weighted by Gasteiger charge is 2.40. The Morgan fingerprint density at radius 1 is 1.06 bits per heavy atom. The Morgan fingerprint density at radius 3 is 2.41 bits per heavy atom. The van der Waals surface area contributed by atoms with Gasteiger partial charge < -0.3 is 10.2 Å². The molecule has 0 radical (unpaired) electrons. The minimum absolute atomic E-state index is 0.00275. The van der Waals surface area contributed by atoms with E-state index in [9.17, 15) is 22.8 Å². The van der Waals surface area contributed by atoms with Gasteiger partial charge in [-0.3, -0.25) is 14.4 Å². The van der Waals surface area contributed by atoms with Gasteiger partial charge in [0, 0.05) is 26.1 Å². The number of nitrogens with zero attached hydrogens (tertiary/aromatic N) is 2. The molecule has 0 saturated carbocycles. The first-order valence-corrected chi connectivity index (χ1v) is 13.0. The molecular formula is C25H31N3O5S. The lowest BCUT2D eigenvalue weighted by atomic mass is 10.1. The molecule has 0 saturated heterocycles. The van der Waals surface area contributed by atoms with E-state index < -0.39 is 22.0 Å². The summed E-state index contributed by atoms with van der Waals surface area (Å²) in [4.78, 5) is 39.8. The average molecular weight is 486 g/mol. The van der Waals surface area contributed by atoms with Crippen LogP contribution in [-0.2, 0) is 26.0 Å². The van der Waals surface area contributed by atoms with Crippen molar-refractivity contribution in [3.05, 3.63) is 65.7 Å². The minimum Gasteiger partial charge on any atom is -0.354 e. The lowest BCUT2D eigenvalue weighted by molar-refractivity contribution is -0.140. The van der Waals surface area contributed by atoms with Crippen LogP contribution >= 0.6 is 0 Å². The molecule has 34 heavy (non-hydrogen) atoms. The lowest BCUT2D eigenvalue weighted by Gasteiger charge is -2.29. The molecule has 1 aliphatic heterocycles. The van der Waals surface area contributed by atoms with Gasteiger partial charge in [0.05, 0.1) is 5.56 Å². The Hall–Kier alpha value is -3.20. The van der Waals surface area contributed by atoms with Gasteiger partial charge in [-0.05, 0) is 43.9 Å². The predicted molar refractivity (Wildman–Crippen MR) is 129 cm³/mol. The van der Waals surface area contributed by atoms with E-state index in [0.29, 0.717) is 19.5 Å². The number of fused-ring (bicyclic) bond motifs is 1. The highest BCUT2D eigenvalue weighted by Crippen LogP contribution is 2.30. The van der Waals surface area contributed by atoms with Gasteiger partial charge >= 0.3 is 0 Å². The van der Waals surface area contributed by atoms with Crippen LogP contribution in [0.25, 0.3) is 0 Å². The SMILES string of the molecule is CCCNC(=O)C(C)N(CCc1ccccc1)C(=O)CCCN1C(=O)c2ccccc2S1(=O)=O. The molecule has 2 aromatic rings. The summed E-state index contributed by atoms with van der Waals surface area (Å²) in [6, 6.07) is 15.1. The van der Waals surface area contributed by atoms with Crippen molar-refractivity contribution in [3.63, 3.8) is 0 Å². The zero-order valence-electron chi connectivity index (χ0n) is 19.6. The topological polar surface area (TPSA) is 104 Å². The van der Waals surface area contributed by atoms with Gasteiger partial charge in [0.1, 0.15) is 10.9 Å². The van der Waals surface area contributed by atoms with Crippen molar-refractivity contribution in [2.24, 2.45) is 0 Å². The first-order valence-electron chi connectivity index (χ1n) is 11.5. The van der Waals surface area contributed by atoms with Crippen molar-refractivity contribution in [2.75, 3.05) is 19.6 Å². The molecule has 1 heterocycles. The van der Waals surface area contributed by atoms with Crippen LogP contribution in [-0.4, -0.2) is 61.0 Å². The third-order valence-corrected chi connectivity index (χ3v) is 7.71. The molecular weight excluding hydrogens is 454 g/mol. The number of carbonyl (C=O) groups is 3. The summed E-state index contributed by atoms with van der Waals surface area (Å²) in [6.45, 7) is 4.44. The third-order valence-electron chi connectivity index (χ3n) is 5.86. The standard InChI is InChI=1S/C25H31N3O5S/c1-3-16-26-24(30)19(2)27(18-15-20-10-5-4-6-11-20)23(29)14-9-17-28-25(31)21-12-7-8-13-22(21)34(28,32)33/h4-8,10-13,19H,3,9,14-18H2,1-2H3,(H,26,30). The minimum atomic E-state index is -3.91.